The Bertz CT molecular complexity index is 1210. The second-order valence-electron chi connectivity index (χ2n) is 7.53. The van der Waals surface area contributed by atoms with Crippen molar-refractivity contribution in [2.75, 3.05) is 0 Å². The zero-order valence-electron chi connectivity index (χ0n) is 15.7. The van der Waals surface area contributed by atoms with Crippen LogP contribution in [-0.2, 0) is 7.05 Å². The summed E-state index contributed by atoms with van der Waals surface area (Å²) in [6.07, 6.45) is 2.20. The van der Waals surface area contributed by atoms with E-state index in [1.54, 1.807) is 0 Å². The van der Waals surface area contributed by atoms with Crippen LogP contribution in [0.15, 0.2) is 60.8 Å². The van der Waals surface area contributed by atoms with E-state index < -0.39 is 0 Å². The average Bonchev–Trinajstić information content (AvgIpc) is 2.95. The molecule has 0 saturated heterocycles. The molecule has 1 aliphatic rings. The molecule has 1 heterocycles. The average molecular weight is 336 g/mol. The van der Waals surface area contributed by atoms with Crippen LogP contribution < -0.4 is 4.57 Å². The largest absolute Gasteiger partial charge is 0.221 e. The van der Waals surface area contributed by atoms with Crippen LogP contribution in [0.3, 0.4) is 0 Å². The predicted octanol–water partition coefficient (Wildman–Crippen LogP) is 5.90. The SMILES string of the molecule is Cc1cc(C)c(C)c(-c2c3c(cc[n+]2C)-c2cccc4cccc-3c24)c1. The minimum absolute atomic E-state index is 1.31. The third-order valence-electron chi connectivity index (χ3n) is 5.85. The Hall–Kier alpha value is -2.93. The van der Waals surface area contributed by atoms with Gasteiger partial charge in [0.1, 0.15) is 7.05 Å². The number of hydrogen-bond donors (Lipinski definition) is 0. The number of hydrogen-bond acceptors (Lipinski definition) is 0. The molecule has 0 radical (unpaired) electrons. The van der Waals surface area contributed by atoms with E-state index in [1.807, 2.05) is 0 Å². The van der Waals surface area contributed by atoms with Crippen molar-refractivity contribution in [1.82, 2.24) is 0 Å². The molecule has 126 valence electrons. The third-order valence-corrected chi connectivity index (χ3v) is 5.85. The van der Waals surface area contributed by atoms with Gasteiger partial charge in [-0.3, -0.25) is 0 Å². The van der Waals surface area contributed by atoms with Gasteiger partial charge in [-0.15, -0.1) is 0 Å². The van der Waals surface area contributed by atoms with Gasteiger partial charge in [0.25, 0.3) is 0 Å². The topological polar surface area (TPSA) is 3.88 Å². The number of benzene rings is 3. The molecule has 0 N–H and O–H groups in total. The molecule has 1 heteroatoms. The quantitative estimate of drug-likeness (QED) is 0.335. The van der Waals surface area contributed by atoms with E-state index in [1.165, 1.54) is 61.0 Å². The van der Waals surface area contributed by atoms with E-state index in [2.05, 4.69) is 93.2 Å². The van der Waals surface area contributed by atoms with E-state index >= 15 is 0 Å². The molecule has 0 unspecified atom stereocenters. The molecule has 1 aliphatic carbocycles. The minimum atomic E-state index is 1.31. The van der Waals surface area contributed by atoms with E-state index in [0.29, 0.717) is 0 Å². The summed E-state index contributed by atoms with van der Waals surface area (Å²) >= 11 is 0. The van der Waals surface area contributed by atoms with Gasteiger partial charge in [-0.1, -0.05) is 48.0 Å². The van der Waals surface area contributed by atoms with Gasteiger partial charge in [-0.25, -0.2) is 4.57 Å². The molecule has 0 fully saturated rings. The summed E-state index contributed by atoms with van der Waals surface area (Å²) in [5.74, 6) is 0. The fourth-order valence-corrected chi connectivity index (χ4v) is 4.53. The fraction of sp³-hybridized carbons (Fsp3) is 0.160. The summed E-state index contributed by atoms with van der Waals surface area (Å²) in [6.45, 7) is 6.64. The van der Waals surface area contributed by atoms with Crippen molar-refractivity contribution in [3.05, 3.63) is 77.5 Å². The molecular formula is C25H22N+. The fourth-order valence-electron chi connectivity index (χ4n) is 4.53. The van der Waals surface area contributed by atoms with Crippen LogP contribution in [-0.4, -0.2) is 0 Å². The van der Waals surface area contributed by atoms with Crippen molar-refractivity contribution in [3.8, 4) is 33.5 Å². The molecule has 1 nitrogen and oxygen atoms in total. The van der Waals surface area contributed by atoms with Crippen LogP contribution in [0.4, 0.5) is 0 Å². The summed E-state index contributed by atoms with van der Waals surface area (Å²) in [5, 5.41) is 2.71. The van der Waals surface area contributed by atoms with Crippen molar-refractivity contribution in [2.45, 2.75) is 20.8 Å². The van der Waals surface area contributed by atoms with Crippen molar-refractivity contribution in [3.63, 3.8) is 0 Å². The monoisotopic (exact) mass is 336 g/mol. The highest BCUT2D eigenvalue weighted by Crippen LogP contribution is 2.50. The predicted molar refractivity (Wildman–Crippen MR) is 109 cm³/mol. The van der Waals surface area contributed by atoms with Gasteiger partial charge in [-0.05, 0) is 59.9 Å². The van der Waals surface area contributed by atoms with E-state index in [4.69, 9.17) is 0 Å². The Morgan fingerprint density at radius 2 is 1.46 bits per heavy atom. The Morgan fingerprint density at radius 1 is 0.731 bits per heavy atom. The first kappa shape index (κ1) is 15.3. The lowest BCUT2D eigenvalue weighted by atomic mass is 9.92. The van der Waals surface area contributed by atoms with Gasteiger partial charge in [0.05, 0.1) is 11.1 Å². The Morgan fingerprint density at radius 3 is 2.23 bits per heavy atom. The molecule has 4 aromatic rings. The zero-order valence-corrected chi connectivity index (χ0v) is 15.7. The Kier molecular flexibility index (Phi) is 3.12. The number of nitrogens with zero attached hydrogens (tertiary/aromatic N) is 1. The molecule has 1 aromatic heterocycles. The van der Waals surface area contributed by atoms with E-state index in [0.717, 1.165) is 0 Å². The number of pyridine rings is 1. The van der Waals surface area contributed by atoms with E-state index in [9.17, 15) is 0 Å². The normalized spacial score (nSPS) is 11.8. The van der Waals surface area contributed by atoms with Crippen molar-refractivity contribution in [1.29, 1.82) is 0 Å². The van der Waals surface area contributed by atoms with Gasteiger partial charge >= 0.3 is 0 Å². The summed E-state index contributed by atoms with van der Waals surface area (Å²) in [5.41, 5.74) is 12.1. The lowest BCUT2D eigenvalue weighted by Crippen LogP contribution is -2.31. The molecule has 0 aliphatic heterocycles. The van der Waals surface area contributed by atoms with Gasteiger partial charge in [0, 0.05) is 11.6 Å². The van der Waals surface area contributed by atoms with Crippen LogP contribution in [0.1, 0.15) is 16.7 Å². The molecule has 0 atom stereocenters. The first-order valence-electron chi connectivity index (χ1n) is 9.19. The maximum atomic E-state index is 2.33. The zero-order chi connectivity index (χ0) is 18.0. The van der Waals surface area contributed by atoms with Crippen LogP contribution in [0, 0.1) is 20.8 Å². The molecular weight excluding hydrogens is 314 g/mol. The number of rotatable bonds is 1. The molecule has 0 amide bonds. The maximum absolute atomic E-state index is 2.33. The molecule has 0 bridgehead atoms. The summed E-state index contributed by atoms with van der Waals surface area (Å²) in [7, 11) is 2.16. The first-order valence-corrected chi connectivity index (χ1v) is 9.19. The number of aromatic nitrogens is 1. The lowest BCUT2D eigenvalue weighted by molar-refractivity contribution is -0.659. The summed E-state index contributed by atoms with van der Waals surface area (Å²) in [4.78, 5) is 0. The number of fused-ring (bicyclic) bond motifs is 3. The summed E-state index contributed by atoms with van der Waals surface area (Å²) in [6, 6.07) is 20.2. The second kappa shape index (κ2) is 5.28. The standard InChI is InChI=1S/C25H22N/c1-15-13-16(2)17(3)22(14-15)25-24-20(11-12-26(25)4)19-9-5-7-18-8-6-10-21(24)23(18)19/h5-14H,1-4H3/q+1. The molecule has 0 saturated carbocycles. The summed E-state index contributed by atoms with van der Waals surface area (Å²) < 4.78 is 2.28. The lowest BCUT2D eigenvalue weighted by Gasteiger charge is -2.13. The molecule has 5 rings (SSSR count). The first-order chi connectivity index (χ1) is 12.6. The highest BCUT2D eigenvalue weighted by Gasteiger charge is 2.30. The van der Waals surface area contributed by atoms with Crippen LogP contribution in [0.25, 0.3) is 44.3 Å². The maximum Gasteiger partial charge on any atom is 0.221 e. The molecule has 26 heavy (non-hydrogen) atoms. The molecule has 3 aromatic carbocycles. The minimum Gasteiger partial charge on any atom is -0.200 e. The Balaban J connectivity index is 1.95. The van der Waals surface area contributed by atoms with Crippen LogP contribution >= 0.6 is 0 Å². The smallest absolute Gasteiger partial charge is 0.200 e. The third kappa shape index (κ3) is 1.94. The van der Waals surface area contributed by atoms with Gasteiger partial charge in [0.15, 0.2) is 6.20 Å². The van der Waals surface area contributed by atoms with Crippen LogP contribution in [0.2, 0.25) is 0 Å². The van der Waals surface area contributed by atoms with Crippen molar-refractivity contribution >= 4 is 10.8 Å². The Labute approximate surface area is 154 Å². The highest BCUT2D eigenvalue weighted by molar-refractivity contribution is 6.17. The number of aryl methyl sites for hydroxylation is 3. The molecule has 0 spiro atoms. The van der Waals surface area contributed by atoms with Crippen molar-refractivity contribution in [2.24, 2.45) is 7.05 Å². The van der Waals surface area contributed by atoms with Gasteiger partial charge < -0.3 is 0 Å². The van der Waals surface area contributed by atoms with Gasteiger partial charge in [0.2, 0.25) is 5.69 Å². The second-order valence-corrected chi connectivity index (χ2v) is 7.53. The van der Waals surface area contributed by atoms with Crippen molar-refractivity contribution < 1.29 is 4.57 Å². The van der Waals surface area contributed by atoms with E-state index in [-0.39, 0.29) is 0 Å². The van der Waals surface area contributed by atoms with Crippen LogP contribution in [0.5, 0.6) is 0 Å². The highest BCUT2D eigenvalue weighted by atomic mass is 14.9. The van der Waals surface area contributed by atoms with Gasteiger partial charge in [-0.2, -0.15) is 0 Å².